The lowest BCUT2D eigenvalue weighted by Crippen LogP contribution is -1.83. The molecule has 3 aromatic rings. The molecule has 3 rings (SSSR count). The van der Waals surface area contributed by atoms with E-state index in [-0.39, 0.29) is 5.12 Å². The smallest absolute Gasteiger partial charge is 0.190 e. The molecule has 1 aromatic heterocycles. The van der Waals surface area contributed by atoms with Gasteiger partial charge in [-0.25, -0.2) is 4.98 Å². The first-order valence-electron chi connectivity index (χ1n) is 7.03. The van der Waals surface area contributed by atoms with Crippen molar-refractivity contribution in [1.82, 2.24) is 4.98 Å². The second-order valence-electron chi connectivity index (χ2n) is 4.92. The van der Waals surface area contributed by atoms with Gasteiger partial charge in [0.25, 0.3) is 0 Å². The van der Waals surface area contributed by atoms with Gasteiger partial charge in [-0.15, -0.1) is 0 Å². The maximum absolute atomic E-state index is 11.1. The molecule has 108 valence electrons. The molecular formula is C19H15NOS. The van der Waals surface area contributed by atoms with Gasteiger partial charge in [-0.2, -0.15) is 0 Å². The summed E-state index contributed by atoms with van der Waals surface area (Å²) in [6.45, 7) is 1.57. The molecule has 0 aliphatic rings. The van der Waals surface area contributed by atoms with E-state index >= 15 is 0 Å². The zero-order valence-corrected chi connectivity index (χ0v) is 13.0. The number of hydrogen-bond acceptors (Lipinski definition) is 3. The van der Waals surface area contributed by atoms with Crippen LogP contribution in [-0.4, -0.2) is 10.1 Å². The van der Waals surface area contributed by atoms with Gasteiger partial charge in [-0.05, 0) is 35.9 Å². The van der Waals surface area contributed by atoms with Crippen molar-refractivity contribution in [2.24, 2.45) is 0 Å². The number of nitrogens with zero attached hydrogens (tertiary/aromatic N) is 1. The van der Waals surface area contributed by atoms with Crippen molar-refractivity contribution >= 4 is 39.9 Å². The van der Waals surface area contributed by atoms with Gasteiger partial charge >= 0.3 is 0 Å². The van der Waals surface area contributed by atoms with E-state index in [2.05, 4.69) is 17.1 Å². The van der Waals surface area contributed by atoms with Crippen LogP contribution in [0.2, 0.25) is 0 Å². The molecule has 0 saturated heterocycles. The van der Waals surface area contributed by atoms with E-state index in [1.54, 1.807) is 6.92 Å². The lowest BCUT2D eigenvalue weighted by Gasteiger charge is -2.00. The van der Waals surface area contributed by atoms with Gasteiger partial charge in [0.05, 0.1) is 11.2 Å². The number of rotatable bonds is 3. The van der Waals surface area contributed by atoms with E-state index in [1.807, 2.05) is 60.7 Å². The number of carbonyl (C=O) groups excluding carboxylic acids is 1. The summed E-state index contributed by atoms with van der Waals surface area (Å²) in [6, 6.07) is 20.1. The van der Waals surface area contributed by atoms with Gasteiger partial charge in [-0.3, -0.25) is 4.79 Å². The Morgan fingerprint density at radius 2 is 1.73 bits per heavy atom. The summed E-state index contributed by atoms with van der Waals surface area (Å²) in [5, 5.41) is 1.24. The second-order valence-corrected chi connectivity index (χ2v) is 6.18. The summed E-state index contributed by atoms with van der Waals surface area (Å²) >= 11 is 1.25. The van der Waals surface area contributed by atoms with E-state index in [0.717, 1.165) is 27.1 Å². The van der Waals surface area contributed by atoms with Gasteiger partial charge < -0.3 is 0 Å². The Kier molecular flexibility index (Phi) is 4.35. The molecule has 0 N–H and O–H groups in total. The third-order valence-electron chi connectivity index (χ3n) is 3.21. The summed E-state index contributed by atoms with van der Waals surface area (Å²) in [7, 11) is 0. The quantitative estimate of drug-likeness (QED) is 0.635. The Balaban J connectivity index is 1.78. The van der Waals surface area contributed by atoms with E-state index in [0.29, 0.717) is 0 Å². The number of thioether (sulfide) groups is 1. The van der Waals surface area contributed by atoms with Crippen LogP contribution in [0.25, 0.3) is 23.1 Å². The maximum atomic E-state index is 11.1. The number of para-hydroxylation sites is 1. The number of pyridine rings is 1. The first-order chi connectivity index (χ1) is 10.7. The molecule has 0 atom stereocenters. The van der Waals surface area contributed by atoms with Crippen LogP contribution in [0.3, 0.4) is 0 Å². The molecular weight excluding hydrogens is 290 g/mol. The Labute approximate surface area is 133 Å². The molecule has 0 fully saturated rings. The van der Waals surface area contributed by atoms with Crippen molar-refractivity contribution in [1.29, 1.82) is 0 Å². The van der Waals surface area contributed by atoms with E-state index in [9.17, 15) is 4.79 Å². The van der Waals surface area contributed by atoms with Crippen molar-refractivity contribution in [3.63, 3.8) is 0 Å². The number of fused-ring (bicyclic) bond motifs is 1. The van der Waals surface area contributed by atoms with E-state index in [4.69, 9.17) is 0 Å². The Bertz CT molecular complexity index is 837. The third kappa shape index (κ3) is 3.62. The van der Waals surface area contributed by atoms with Crippen LogP contribution in [0.4, 0.5) is 0 Å². The molecule has 0 spiro atoms. The molecule has 0 amide bonds. The van der Waals surface area contributed by atoms with Crippen LogP contribution in [0.15, 0.2) is 65.6 Å². The number of aromatic nitrogens is 1. The molecule has 0 aliphatic heterocycles. The van der Waals surface area contributed by atoms with Crippen molar-refractivity contribution in [3.8, 4) is 0 Å². The molecule has 0 radical (unpaired) electrons. The van der Waals surface area contributed by atoms with E-state index in [1.165, 1.54) is 11.8 Å². The standard InChI is InChI=1S/C19H15NOS/c1-14(21)22-18-12-7-15(8-13-18)6-10-17-11-9-16-4-2-3-5-19(16)20-17/h2-13H,1H3. The van der Waals surface area contributed by atoms with Gasteiger partial charge in [0.1, 0.15) is 0 Å². The van der Waals surface area contributed by atoms with Gasteiger partial charge in [0.2, 0.25) is 0 Å². The fraction of sp³-hybridized carbons (Fsp3) is 0.0526. The molecule has 1 heterocycles. The molecule has 22 heavy (non-hydrogen) atoms. The van der Waals surface area contributed by atoms with Crippen LogP contribution in [0.5, 0.6) is 0 Å². The molecule has 0 unspecified atom stereocenters. The van der Waals surface area contributed by atoms with Crippen LogP contribution >= 0.6 is 11.8 Å². The highest BCUT2D eigenvalue weighted by molar-refractivity contribution is 8.13. The Hall–Kier alpha value is -2.39. The molecule has 0 aliphatic carbocycles. The van der Waals surface area contributed by atoms with Gasteiger partial charge in [0, 0.05) is 17.2 Å². The van der Waals surface area contributed by atoms with Crippen LogP contribution in [0.1, 0.15) is 18.2 Å². The minimum atomic E-state index is 0.101. The van der Waals surface area contributed by atoms with Crippen molar-refractivity contribution in [3.05, 3.63) is 71.9 Å². The van der Waals surface area contributed by atoms with Gasteiger partial charge in [0.15, 0.2) is 5.12 Å². The summed E-state index contributed by atoms with van der Waals surface area (Å²) < 4.78 is 0. The minimum absolute atomic E-state index is 0.101. The minimum Gasteiger partial charge on any atom is -0.287 e. The lowest BCUT2D eigenvalue weighted by atomic mass is 10.1. The van der Waals surface area contributed by atoms with Crippen molar-refractivity contribution in [2.75, 3.05) is 0 Å². The molecule has 2 aromatic carbocycles. The largest absolute Gasteiger partial charge is 0.287 e. The summed E-state index contributed by atoms with van der Waals surface area (Å²) in [5.41, 5.74) is 3.02. The second kappa shape index (κ2) is 6.58. The predicted molar refractivity (Wildman–Crippen MR) is 93.7 cm³/mol. The third-order valence-corrected chi connectivity index (χ3v) is 4.00. The van der Waals surface area contributed by atoms with Crippen molar-refractivity contribution < 1.29 is 4.79 Å². The van der Waals surface area contributed by atoms with Crippen LogP contribution in [-0.2, 0) is 4.79 Å². The lowest BCUT2D eigenvalue weighted by molar-refractivity contribution is -0.109. The Morgan fingerprint density at radius 1 is 0.955 bits per heavy atom. The van der Waals surface area contributed by atoms with Gasteiger partial charge in [-0.1, -0.05) is 54.2 Å². The average molecular weight is 305 g/mol. The number of hydrogen-bond donors (Lipinski definition) is 0. The first kappa shape index (κ1) is 14.5. The highest BCUT2D eigenvalue weighted by Crippen LogP contribution is 2.20. The normalized spacial score (nSPS) is 11.1. The Morgan fingerprint density at radius 3 is 2.50 bits per heavy atom. The van der Waals surface area contributed by atoms with Crippen LogP contribution < -0.4 is 0 Å². The average Bonchev–Trinajstić information content (AvgIpc) is 2.53. The topological polar surface area (TPSA) is 30.0 Å². The summed E-state index contributed by atoms with van der Waals surface area (Å²) in [6.07, 6.45) is 4.03. The molecule has 2 nitrogen and oxygen atoms in total. The number of benzene rings is 2. The highest BCUT2D eigenvalue weighted by atomic mass is 32.2. The van der Waals surface area contributed by atoms with Crippen molar-refractivity contribution in [2.45, 2.75) is 11.8 Å². The molecule has 0 saturated carbocycles. The predicted octanol–water partition coefficient (Wildman–Crippen LogP) is 5.04. The zero-order valence-electron chi connectivity index (χ0n) is 12.2. The fourth-order valence-corrected chi connectivity index (χ4v) is 2.77. The zero-order chi connectivity index (χ0) is 15.4. The first-order valence-corrected chi connectivity index (χ1v) is 7.85. The fourth-order valence-electron chi connectivity index (χ4n) is 2.17. The SMILES string of the molecule is CC(=O)Sc1ccc(C=Cc2ccc3ccccc3n2)cc1. The monoisotopic (exact) mass is 305 g/mol. The summed E-state index contributed by atoms with van der Waals surface area (Å²) in [4.78, 5) is 16.6. The van der Waals surface area contributed by atoms with E-state index < -0.39 is 0 Å². The molecule has 0 bridgehead atoms. The molecule has 3 heteroatoms. The van der Waals surface area contributed by atoms with Crippen LogP contribution in [0, 0.1) is 0 Å². The highest BCUT2D eigenvalue weighted by Gasteiger charge is 1.98. The number of carbonyl (C=O) groups is 1. The summed E-state index contributed by atoms with van der Waals surface area (Å²) in [5.74, 6) is 0. The maximum Gasteiger partial charge on any atom is 0.190 e.